The van der Waals surface area contributed by atoms with E-state index >= 15 is 0 Å². The highest BCUT2D eigenvalue weighted by Crippen LogP contribution is 2.46. The van der Waals surface area contributed by atoms with Crippen LogP contribution in [0.5, 0.6) is 0 Å². The lowest BCUT2D eigenvalue weighted by Crippen LogP contribution is -2.46. The number of likely N-dealkylation sites (tertiary alicyclic amines) is 1. The third kappa shape index (κ3) is 9.53. The van der Waals surface area contributed by atoms with Crippen LogP contribution in [0, 0.1) is 29.1 Å². The largest absolute Gasteiger partial charge is 0.461 e. The van der Waals surface area contributed by atoms with Crippen LogP contribution in [-0.2, 0) is 18.8 Å². The second-order valence-corrected chi connectivity index (χ2v) is 20.8. The molecule has 43 heavy (non-hydrogen) atoms. The molecule has 0 aromatic heterocycles. The van der Waals surface area contributed by atoms with Crippen LogP contribution in [0.1, 0.15) is 113 Å². The van der Waals surface area contributed by atoms with Crippen molar-refractivity contribution in [2.45, 2.75) is 150 Å². The quantitative estimate of drug-likeness (QED) is 0.177. The smallest absolute Gasteiger partial charge is 0.311 e. The lowest BCUT2D eigenvalue weighted by atomic mass is 9.65. The van der Waals surface area contributed by atoms with Crippen molar-refractivity contribution in [2.75, 3.05) is 13.1 Å². The summed E-state index contributed by atoms with van der Waals surface area (Å²) in [6.45, 7) is 23.2. The van der Waals surface area contributed by atoms with Crippen LogP contribution in [0.15, 0.2) is 23.8 Å². The van der Waals surface area contributed by atoms with E-state index in [-0.39, 0.29) is 41.0 Å². The maximum Gasteiger partial charge on any atom is 0.311 e. The van der Waals surface area contributed by atoms with Gasteiger partial charge in [0.1, 0.15) is 6.10 Å². The van der Waals surface area contributed by atoms with Crippen molar-refractivity contribution in [2.24, 2.45) is 29.1 Å². The van der Waals surface area contributed by atoms with Crippen LogP contribution < -0.4 is 0 Å². The third-order valence-corrected chi connectivity index (χ3v) is 15.6. The van der Waals surface area contributed by atoms with E-state index in [1.165, 1.54) is 12.0 Å². The van der Waals surface area contributed by atoms with E-state index in [4.69, 9.17) is 9.16 Å². The van der Waals surface area contributed by atoms with E-state index in [0.717, 1.165) is 45.2 Å². The lowest BCUT2D eigenvalue weighted by Gasteiger charge is -2.44. The molecule has 0 aromatic carbocycles. The van der Waals surface area contributed by atoms with Crippen LogP contribution in [0.2, 0.25) is 18.1 Å². The zero-order chi connectivity index (χ0) is 32.2. The number of piperidine rings is 1. The Morgan fingerprint density at radius 3 is 2.35 bits per heavy atom. The topological polar surface area (TPSA) is 76.1 Å². The van der Waals surface area contributed by atoms with Crippen molar-refractivity contribution in [1.82, 2.24) is 4.90 Å². The van der Waals surface area contributed by atoms with E-state index in [9.17, 15) is 14.7 Å². The number of hydrogen-bond acceptors (Lipinski definition) is 5. The van der Waals surface area contributed by atoms with Crippen molar-refractivity contribution < 1.29 is 23.9 Å². The molecule has 0 spiro atoms. The summed E-state index contributed by atoms with van der Waals surface area (Å²) in [7, 11) is -2.14. The molecule has 0 bridgehead atoms. The van der Waals surface area contributed by atoms with Crippen LogP contribution in [-0.4, -0.2) is 61.6 Å². The molecule has 1 N–H and O–H groups in total. The summed E-state index contributed by atoms with van der Waals surface area (Å²) in [4.78, 5) is 28.5. The molecule has 7 heteroatoms. The van der Waals surface area contributed by atoms with Gasteiger partial charge in [0, 0.05) is 19.0 Å². The van der Waals surface area contributed by atoms with Crippen molar-refractivity contribution in [3.63, 3.8) is 0 Å². The summed E-state index contributed by atoms with van der Waals surface area (Å²) >= 11 is 0. The third-order valence-electron chi connectivity index (χ3n) is 11.0. The maximum absolute atomic E-state index is 13.3. The highest BCUT2D eigenvalue weighted by Gasteiger charge is 2.44. The summed E-state index contributed by atoms with van der Waals surface area (Å²) in [5.41, 5.74) is 0.770. The molecule has 3 aliphatic rings. The minimum absolute atomic E-state index is 0.0217. The monoisotopic (exact) mass is 617 g/mol. The van der Waals surface area contributed by atoms with E-state index in [0.29, 0.717) is 31.1 Å². The molecule has 7 unspecified atom stereocenters. The number of nitrogens with zero attached hydrogens (tertiary/aromatic N) is 1. The van der Waals surface area contributed by atoms with E-state index in [1.807, 2.05) is 25.7 Å². The average Bonchev–Trinajstić information content (AvgIpc) is 2.92. The van der Waals surface area contributed by atoms with Gasteiger partial charge < -0.3 is 19.2 Å². The first-order valence-electron chi connectivity index (χ1n) is 17.2. The molecule has 0 saturated carbocycles. The molecule has 1 heterocycles. The first kappa shape index (κ1) is 36.0. The Morgan fingerprint density at radius 1 is 1.09 bits per heavy atom. The zero-order valence-electron chi connectivity index (χ0n) is 29.1. The number of aliphatic hydroxyl groups excluding tert-OH is 1. The second kappa shape index (κ2) is 14.8. The van der Waals surface area contributed by atoms with Gasteiger partial charge in [0.25, 0.3) is 0 Å². The number of aliphatic hydroxyl groups is 1. The maximum atomic E-state index is 13.3. The predicted octanol–water partition coefficient (Wildman–Crippen LogP) is 8.06. The van der Waals surface area contributed by atoms with Gasteiger partial charge in [0.05, 0.1) is 24.0 Å². The first-order valence-corrected chi connectivity index (χ1v) is 20.1. The Morgan fingerprint density at radius 2 is 1.74 bits per heavy atom. The molecule has 0 radical (unpaired) electrons. The number of rotatable bonds is 12. The van der Waals surface area contributed by atoms with Gasteiger partial charge in [-0.3, -0.25) is 9.59 Å². The van der Waals surface area contributed by atoms with Gasteiger partial charge in [0.15, 0.2) is 8.32 Å². The Bertz CT molecular complexity index is 1010. The summed E-state index contributed by atoms with van der Waals surface area (Å²) < 4.78 is 13.1. The fraction of sp³-hybridized carbons (Fsp3) is 0.833. The van der Waals surface area contributed by atoms with Crippen LogP contribution in [0.25, 0.3) is 0 Å². The van der Waals surface area contributed by atoms with Crippen LogP contribution in [0.4, 0.5) is 0 Å². The van der Waals surface area contributed by atoms with E-state index in [2.05, 4.69) is 65.9 Å². The van der Waals surface area contributed by atoms with Crippen molar-refractivity contribution in [1.29, 1.82) is 0 Å². The molecule has 0 aromatic rings. The first-order chi connectivity index (χ1) is 19.9. The molecular formula is C36H63NO5Si. The zero-order valence-corrected chi connectivity index (χ0v) is 30.1. The molecule has 1 aliphatic heterocycles. The number of esters is 1. The van der Waals surface area contributed by atoms with Crippen molar-refractivity contribution in [3.05, 3.63) is 23.8 Å². The van der Waals surface area contributed by atoms with E-state index in [1.54, 1.807) is 0 Å². The molecule has 7 atom stereocenters. The Hall–Kier alpha value is -1.44. The molecule has 246 valence electrons. The lowest BCUT2D eigenvalue weighted by molar-refractivity contribution is -0.164. The van der Waals surface area contributed by atoms with E-state index < -0.39 is 19.8 Å². The summed E-state index contributed by atoms with van der Waals surface area (Å²) in [6, 6.07) is 0. The minimum atomic E-state index is -2.14. The number of amides is 1. The SMILES string of the molecule is CCC(C)(C)C(=O)OC1CC(C)C=C2C=CC(C)C(CCC(O)CC(CC(=O)N3CCCCC3)O[Si](C)(C)C(C)(C)C)C21. The fourth-order valence-corrected chi connectivity index (χ4v) is 8.07. The number of allylic oxidation sites excluding steroid dienone is 3. The Kier molecular flexibility index (Phi) is 12.4. The molecule has 1 fully saturated rings. The number of hydrogen-bond donors (Lipinski definition) is 1. The summed E-state index contributed by atoms with van der Waals surface area (Å²) in [5, 5.41) is 11.5. The van der Waals surface area contributed by atoms with Gasteiger partial charge in [0.2, 0.25) is 5.91 Å². The highest BCUT2D eigenvalue weighted by atomic mass is 28.4. The Balaban J connectivity index is 1.73. The van der Waals surface area contributed by atoms with Crippen LogP contribution in [0.3, 0.4) is 0 Å². The molecular weight excluding hydrogens is 554 g/mol. The average molecular weight is 618 g/mol. The summed E-state index contributed by atoms with van der Waals surface area (Å²) in [6.07, 6.45) is 13.0. The van der Waals surface area contributed by atoms with Gasteiger partial charge in [-0.25, -0.2) is 0 Å². The normalized spacial score (nSPS) is 28.1. The minimum Gasteiger partial charge on any atom is -0.461 e. The molecule has 3 rings (SSSR count). The fourth-order valence-electron chi connectivity index (χ4n) is 6.70. The summed E-state index contributed by atoms with van der Waals surface area (Å²) in [5.74, 6) is 1.13. The van der Waals surface area contributed by atoms with Crippen molar-refractivity contribution in [3.8, 4) is 0 Å². The molecule has 2 aliphatic carbocycles. The van der Waals surface area contributed by atoms with Gasteiger partial charge in [-0.1, -0.05) is 59.8 Å². The van der Waals surface area contributed by atoms with Gasteiger partial charge in [-0.2, -0.15) is 0 Å². The standard InChI is InChI=1S/C36H63NO5Si/c1-11-36(7,8)34(40)41-31-22-25(2)21-27-16-15-26(3)30(33(27)31)18-17-28(38)23-29(42-43(9,10)35(4,5)6)24-32(39)37-19-13-12-14-20-37/h15-16,21,25-26,28-31,33,38H,11-14,17-20,22-24H2,1-10H3. The predicted molar refractivity (Wildman–Crippen MR) is 178 cm³/mol. The number of ether oxygens (including phenoxy) is 1. The Labute approximate surface area is 264 Å². The van der Waals surface area contributed by atoms with Gasteiger partial charge >= 0.3 is 5.97 Å². The highest BCUT2D eigenvalue weighted by molar-refractivity contribution is 6.74. The number of carbonyl (C=O) groups excluding carboxylic acids is 2. The number of fused-ring (bicyclic) bond motifs is 1. The molecule has 6 nitrogen and oxygen atoms in total. The van der Waals surface area contributed by atoms with Gasteiger partial charge in [-0.15, -0.1) is 0 Å². The second-order valence-electron chi connectivity index (χ2n) is 16.1. The molecule has 1 saturated heterocycles. The van der Waals surface area contributed by atoms with Gasteiger partial charge in [-0.05, 0) is 107 Å². The number of carbonyl (C=O) groups is 2. The van der Waals surface area contributed by atoms with Crippen LogP contribution >= 0.6 is 0 Å². The van der Waals surface area contributed by atoms with Crippen molar-refractivity contribution >= 4 is 20.2 Å². The molecule has 1 amide bonds.